The molecule has 3 aromatic rings. The minimum atomic E-state index is 1.26. The summed E-state index contributed by atoms with van der Waals surface area (Å²) in [6.07, 6.45) is 0. The van der Waals surface area contributed by atoms with Crippen molar-refractivity contribution in [2.75, 3.05) is 0 Å². The molecule has 0 fully saturated rings. The molecule has 0 unspecified atom stereocenters. The summed E-state index contributed by atoms with van der Waals surface area (Å²) < 4.78 is 2.27. The molecule has 1 nitrogen and oxygen atoms in total. The molecule has 0 spiro atoms. The van der Waals surface area contributed by atoms with Crippen LogP contribution in [0.25, 0.3) is 22.0 Å². The minimum Gasteiger partial charge on any atom is -0.198 e. The van der Waals surface area contributed by atoms with Gasteiger partial charge in [-0.15, -0.1) is 0 Å². The zero-order valence-electron chi connectivity index (χ0n) is 11.6. The lowest BCUT2D eigenvalue weighted by Gasteiger charge is -2.07. The van der Waals surface area contributed by atoms with E-state index in [1.165, 1.54) is 33.3 Å². The zero-order valence-corrected chi connectivity index (χ0v) is 11.6. The summed E-state index contributed by atoms with van der Waals surface area (Å²) in [5, 5.41) is 2.62. The Labute approximate surface area is 114 Å². The molecule has 1 heterocycles. The van der Waals surface area contributed by atoms with Gasteiger partial charge in [0.25, 0.3) is 0 Å². The average molecular weight is 248 g/mol. The van der Waals surface area contributed by atoms with Crippen LogP contribution in [-0.4, -0.2) is 0 Å². The number of aromatic nitrogens is 1. The first-order valence-electron chi connectivity index (χ1n) is 6.62. The van der Waals surface area contributed by atoms with Crippen LogP contribution in [0.5, 0.6) is 0 Å². The lowest BCUT2D eigenvalue weighted by Crippen LogP contribution is -2.34. The van der Waals surface area contributed by atoms with E-state index < -0.39 is 0 Å². The molecule has 0 saturated heterocycles. The molecule has 0 saturated carbocycles. The summed E-state index contributed by atoms with van der Waals surface area (Å²) in [6.45, 7) is 4.32. The van der Waals surface area contributed by atoms with Crippen LogP contribution in [0.15, 0.2) is 54.6 Å². The first-order valence-corrected chi connectivity index (χ1v) is 6.62. The fourth-order valence-corrected chi connectivity index (χ4v) is 2.64. The van der Waals surface area contributed by atoms with E-state index in [0.29, 0.717) is 0 Å². The standard InChI is InChI=1S/C18H18N/c1-13-7-6-9-16(11-13)18-12-15-8-4-5-10-17(15)14(2)19(18)3/h4-12H,1-3H3/q+1. The lowest BCUT2D eigenvalue weighted by molar-refractivity contribution is -0.665. The van der Waals surface area contributed by atoms with Crippen LogP contribution in [0.4, 0.5) is 0 Å². The summed E-state index contributed by atoms with van der Waals surface area (Å²) >= 11 is 0. The highest BCUT2D eigenvalue weighted by atomic mass is 14.9. The van der Waals surface area contributed by atoms with Crippen molar-refractivity contribution in [1.29, 1.82) is 0 Å². The third-order valence-electron chi connectivity index (χ3n) is 3.82. The van der Waals surface area contributed by atoms with Crippen LogP contribution in [0.2, 0.25) is 0 Å². The van der Waals surface area contributed by atoms with Crippen LogP contribution < -0.4 is 4.57 Å². The predicted octanol–water partition coefficient (Wildman–Crippen LogP) is 3.95. The van der Waals surface area contributed by atoms with Gasteiger partial charge in [0.1, 0.15) is 7.05 Å². The number of rotatable bonds is 1. The number of hydrogen-bond acceptors (Lipinski definition) is 0. The molecule has 0 aliphatic rings. The smallest absolute Gasteiger partial charge is 0.198 e. The van der Waals surface area contributed by atoms with Gasteiger partial charge in [0.2, 0.25) is 5.69 Å². The van der Waals surface area contributed by atoms with Crippen molar-refractivity contribution in [2.24, 2.45) is 7.05 Å². The van der Waals surface area contributed by atoms with E-state index in [1.54, 1.807) is 0 Å². The van der Waals surface area contributed by atoms with Gasteiger partial charge in [0.05, 0.1) is 0 Å². The van der Waals surface area contributed by atoms with Gasteiger partial charge in [-0.2, -0.15) is 4.57 Å². The average Bonchev–Trinajstić information content (AvgIpc) is 2.43. The van der Waals surface area contributed by atoms with Crippen molar-refractivity contribution < 1.29 is 4.57 Å². The Morgan fingerprint density at radius 3 is 2.42 bits per heavy atom. The highest BCUT2D eigenvalue weighted by Gasteiger charge is 2.15. The van der Waals surface area contributed by atoms with Gasteiger partial charge in [-0.1, -0.05) is 35.9 Å². The van der Waals surface area contributed by atoms with E-state index >= 15 is 0 Å². The van der Waals surface area contributed by atoms with E-state index in [1.807, 2.05) is 0 Å². The van der Waals surface area contributed by atoms with Crippen LogP contribution in [0.1, 0.15) is 11.3 Å². The monoisotopic (exact) mass is 248 g/mol. The Morgan fingerprint density at radius 1 is 0.842 bits per heavy atom. The largest absolute Gasteiger partial charge is 0.213 e. The van der Waals surface area contributed by atoms with Crippen molar-refractivity contribution in [1.82, 2.24) is 0 Å². The van der Waals surface area contributed by atoms with Crippen LogP contribution in [-0.2, 0) is 7.05 Å². The highest BCUT2D eigenvalue weighted by Crippen LogP contribution is 2.23. The second-order valence-electron chi connectivity index (χ2n) is 5.13. The molecule has 19 heavy (non-hydrogen) atoms. The molecule has 0 atom stereocenters. The Balaban J connectivity index is 2.33. The molecule has 0 bridgehead atoms. The fraction of sp³-hybridized carbons (Fsp3) is 0.167. The SMILES string of the molecule is Cc1cccc(-c2cc3ccccc3c(C)[n+]2C)c1. The molecule has 3 rings (SSSR count). The van der Waals surface area contributed by atoms with Crippen molar-refractivity contribution in [3.8, 4) is 11.3 Å². The van der Waals surface area contributed by atoms with Gasteiger partial charge < -0.3 is 0 Å². The Bertz CT molecular complexity index is 757. The van der Waals surface area contributed by atoms with Gasteiger partial charge >= 0.3 is 0 Å². The summed E-state index contributed by atoms with van der Waals surface area (Å²) in [5.41, 5.74) is 5.13. The topological polar surface area (TPSA) is 3.88 Å². The molecule has 0 amide bonds. The maximum Gasteiger partial charge on any atom is 0.213 e. The minimum absolute atomic E-state index is 1.26. The molecule has 0 aliphatic carbocycles. The normalized spacial score (nSPS) is 10.9. The van der Waals surface area contributed by atoms with Crippen LogP contribution in [0.3, 0.4) is 0 Å². The number of pyridine rings is 1. The summed E-state index contributed by atoms with van der Waals surface area (Å²) in [4.78, 5) is 0. The first-order chi connectivity index (χ1) is 9.16. The number of fused-ring (bicyclic) bond motifs is 1. The zero-order chi connectivity index (χ0) is 13.4. The number of hydrogen-bond donors (Lipinski definition) is 0. The first kappa shape index (κ1) is 11.9. The number of aryl methyl sites for hydroxylation is 2. The molecule has 0 N–H and O–H groups in total. The summed E-state index contributed by atoms with van der Waals surface area (Å²) in [6, 6.07) is 19.5. The van der Waals surface area contributed by atoms with Gasteiger partial charge in [-0.05, 0) is 30.5 Å². The number of benzene rings is 2. The molecule has 0 radical (unpaired) electrons. The van der Waals surface area contributed by atoms with Crippen molar-refractivity contribution >= 4 is 10.8 Å². The van der Waals surface area contributed by atoms with Crippen molar-refractivity contribution in [2.45, 2.75) is 13.8 Å². The van der Waals surface area contributed by atoms with Gasteiger partial charge in [-0.25, -0.2) is 0 Å². The van der Waals surface area contributed by atoms with Gasteiger partial charge in [0, 0.05) is 23.9 Å². The predicted molar refractivity (Wildman–Crippen MR) is 80.0 cm³/mol. The van der Waals surface area contributed by atoms with E-state index in [9.17, 15) is 0 Å². The van der Waals surface area contributed by atoms with Gasteiger partial charge in [0.15, 0.2) is 5.69 Å². The molecule has 94 valence electrons. The maximum absolute atomic E-state index is 2.27. The molecule has 1 heteroatoms. The van der Waals surface area contributed by atoms with E-state index in [4.69, 9.17) is 0 Å². The fourth-order valence-electron chi connectivity index (χ4n) is 2.64. The molecule has 1 aromatic heterocycles. The summed E-state index contributed by atoms with van der Waals surface area (Å²) in [7, 11) is 2.14. The second kappa shape index (κ2) is 4.51. The maximum atomic E-state index is 2.27. The Morgan fingerprint density at radius 2 is 1.63 bits per heavy atom. The second-order valence-corrected chi connectivity index (χ2v) is 5.13. The quantitative estimate of drug-likeness (QED) is 0.574. The molecule has 0 aliphatic heterocycles. The van der Waals surface area contributed by atoms with Crippen LogP contribution >= 0.6 is 0 Å². The van der Waals surface area contributed by atoms with Crippen molar-refractivity contribution in [3.63, 3.8) is 0 Å². The third kappa shape index (κ3) is 2.01. The number of nitrogens with zero attached hydrogens (tertiary/aromatic N) is 1. The lowest BCUT2D eigenvalue weighted by atomic mass is 10.0. The van der Waals surface area contributed by atoms with Crippen LogP contribution in [0, 0.1) is 13.8 Å². The van der Waals surface area contributed by atoms with E-state index in [0.717, 1.165) is 0 Å². The molecular weight excluding hydrogens is 230 g/mol. The summed E-state index contributed by atoms with van der Waals surface area (Å²) in [5.74, 6) is 0. The third-order valence-corrected chi connectivity index (χ3v) is 3.82. The van der Waals surface area contributed by atoms with Gasteiger partial charge in [-0.3, -0.25) is 0 Å². The van der Waals surface area contributed by atoms with Crippen molar-refractivity contribution in [3.05, 3.63) is 65.9 Å². The molecular formula is C18H18N+. The Hall–Kier alpha value is -2.15. The Kier molecular flexibility index (Phi) is 2.83. The molecule has 2 aromatic carbocycles. The highest BCUT2D eigenvalue weighted by molar-refractivity contribution is 5.86. The van der Waals surface area contributed by atoms with E-state index in [-0.39, 0.29) is 0 Å². The van der Waals surface area contributed by atoms with E-state index in [2.05, 4.69) is 80.1 Å².